The van der Waals surface area contributed by atoms with Crippen molar-refractivity contribution in [3.63, 3.8) is 0 Å². The molecule has 2 atom stereocenters. The summed E-state index contributed by atoms with van der Waals surface area (Å²) >= 11 is 0. The Morgan fingerprint density at radius 1 is 1.00 bits per heavy atom. The van der Waals surface area contributed by atoms with Crippen molar-refractivity contribution in [1.29, 1.82) is 0 Å². The van der Waals surface area contributed by atoms with Crippen LogP contribution in [0.25, 0.3) is 0 Å². The van der Waals surface area contributed by atoms with E-state index in [9.17, 15) is 9.59 Å². The summed E-state index contributed by atoms with van der Waals surface area (Å²) in [5, 5.41) is 6.13. The van der Waals surface area contributed by atoms with Crippen molar-refractivity contribution in [2.75, 3.05) is 46.3 Å². The largest absolute Gasteiger partial charge is 0.358 e. The predicted octanol–water partition coefficient (Wildman–Crippen LogP) is 2.38. The van der Waals surface area contributed by atoms with Crippen LogP contribution < -0.4 is 10.6 Å². The second-order valence-corrected chi connectivity index (χ2v) is 8.41. The molecule has 1 heterocycles. The Kier molecular flexibility index (Phi) is 9.11. The molecular formula is C23H38N4O2. The number of likely N-dealkylation sites (N-methyl/N-ethyl adjacent to an activating group) is 1. The Bertz CT molecular complexity index is 651. The van der Waals surface area contributed by atoms with Crippen LogP contribution in [0.2, 0.25) is 0 Å². The van der Waals surface area contributed by atoms with Crippen molar-refractivity contribution >= 4 is 11.8 Å². The summed E-state index contributed by atoms with van der Waals surface area (Å²) in [6.45, 7) is 12.4. The molecule has 1 aromatic carbocycles. The van der Waals surface area contributed by atoms with Crippen LogP contribution in [0.5, 0.6) is 0 Å². The quantitative estimate of drug-likeness (QED) is 0.666. The fourth-order valence-electron chi connectivity index (χ4n) is 3.75. The molecule has 2 N–H and O–H groups in total. The van der Waals surface area contributed by atoms with E-state index in [1.54, 1.807) is 7.05 Å². The summed E-state index contributed by atoms with van der Waals surface area (Å²) in [7, 11) is 1.65. The fraction of sp³-hybridized carbons (Fsp3) is 0.652. The van der Waals surface area contributed by atoms with Crippen LogP contribution >= 0.6 is 0 Å². The van der Waals surface area contributed by atoms with Crippen LogP contribution in [0.15, 0.2) is 24.3 Å². The van der Waals surface area contributed by atoms with Gasteiger partial charge < -0.3 is 15.5 Å². The smallest absolute Gasteiger partial charge is 0.236 e. The molecule has 6 heteroatoms. The molecule has 1 aliphatic heterocycles. The molecule has 1 aliphatic rings. The standard InChI is InChI=1S/C23H38N4O2/c1-6-18(4)19-7-9-20(10-8-19)23(17(2)3)25-15-22(29)27-13-11-26(12-14-27)16-21(28)24-5/h7-10,17-18,23,25H,6,11-16H2,1-5H3,(H,24,28)/t18-,23-/m0/s1. The minimum Gasteiger partial charge on any atom is -0.358 e. The predicted molar refractivity (Wildman–Crippen MR) is 118 cm³/mol. The molecule has 0 unspecified atom stereocenters. The zero-order valence-electron chi connectivity index (χ0n) is 18.7. The molecule has 1 fully saturated rings. The second kappa shape index (κ2) is 11.3. The minimum absolute atomic E-state index is 0.0190. The third-order valence-electron chi connectivity index (χ3n) is 5.99. The number of piperazine rings is 1. The van der Waals surface area contributed by atoms with Gasteiger partial charge in [-0.05, 0) is 29.4 Å². The topological polar surface area (TPSA) is 64.7 Å². The number of carbonyl (C=O) groups excluding carboxylic acids is 2. The highest BCUT2D eigenvalue weighted by molar-refractivity contribution is 5.79. The molecule has 0 saturated carbocycles. The van der Waals surface area contributed by atoms with Crippen molar-refractivity contribution in [1.82, 2.24) is 20.4 Å². The number of amides is 2. The Balaban J connectivity index is 1.87. The summed E-state index contributed by atoms with van der Waals surface area (Å²) in [5.74, 6) is 1.11. The zero-order chi connectivity index (χ0) is 21.4. The number of nitrogens with one attached hydrogen (secondary N) is 2. The number of hydrogen-bond donors (Lipinski definition) is 2. The van der Waals surface area contributed by atoms with Crippen LogP contribution in [-0.4, -0.2) is 67.9 Å². The van der Waals surface area contributed by atoms with E-state index in [2.05, 4.69) is 67.5 Å². The summed E-state index contributed by atoms with van der Waals surface area (Å²) in [4.78, 5) is 28.2. The lowest BCUT2D eigenvalue weighted by Gasteiger charge is -2.34. The Morgan fingerprint density at radius 3 is 2.10 bits per heavy atom. The molecule has 29 heavy (non-hydrogen) atoms. The fourth-order valence-corrected chi connectivity index (χ4v) is 3.75. The molecular weight excluding hydrogens is 364 g/mol. The van der Waals surface area contributed by atoms with E-state index in [4.69, 9.17) is 0 Å². The first kappa shape index (κ1) is 23.4. The van der Waals surface area contributed by atoms with Gasteiger partial charge in [-0.2, -0.15) is 0 Å². The van der Waals surface area contributed by atoms with Gasteiger partial charge in [0, 0.05) is 39.3 Å². The van der Waals surface area contributed by atoms with Crippen LogP contribution in [0.3, 0.4) is 0 Å². The molecule has 0 radical (unpaired) electrons. The highest BCUT2D eigenvalue weighted by Gasteiger charge is 2.23. The maximum Gasteiger partial charge on any atom is 0.236 e. The number of carbonyl (C=O) groups is 2. The summed E-state index contributed by atoms with van der Waals surface area (Å²) in [6.07, 6.45) is 1.14. The van der Waals surface area contributed by atoms with E-state index in [0.29, 0.717) is 38.0 Å². The van der Waals surface area contributed by atoms with Gasteiger partial charge in [0.1, 0.15) is 0 Å². The number of benzene rings is 1. The molecule has 0 spiro atoms. The maximum atomic E-state index is 12.7. The van der Waals surface area contributed by atoms with E-state index in [0.717, 1.165) is 19.5 Å². The average Bonchev–Trinajstić information content (AvgIpc) is 2.73. The third kappa shape index (κ3) is 6.82. The molecule has 2 amide bonds. The number of nitrogens with zero attached hydrogens (tertiary/aromatic N) is 2. The third-order valence-corrected chi connectivity index (χ3v) is 5.99. The first-order chi connectivity index (χ1) is 13.8. The molecule has 6 nitrogen and oxygen atoms in total. The van der Waals surface area contributed by atoms with Gasteiger partial charge in [0.05, 0.1) is 13.1 Å². The van der Waals surface area contributed by atoms with E-state index >= 15 is 0 Å². The minimum atomic E-state index is 0.0190. The monoisotopic (exact) mass is 402 g/mol. The van der Waals surface area contributed by atoms with Gasteiger partial charge in [0.2, 0.25) is 11.8 Å². The Labute approximate surface area is 176 Å². The van der Waals surface area contributed by atoms with Gasteiger partial charge in [0.15, 0.2) is 0 Å². The van der Waals surface area contributed by atoms with Crippen molar-refractivity contribution in [3.8, 4) is 0 Å². The van der Waals surface area contributed by atoms with Crippen molar-refractivity contribution in [2.24, 2.45) is 5.92 Å². The van der Waals surface area contributed by atoms with Crippen LogP contribution in [0, 0.1) is 5.92 Å². The van der Waals surface area contributed by atoms with Gasteiger partial charge in [0.25, 0.3) is 0 Å². The van der Waals surface area contributed by atoms with E-state index in [1.807, 2.05) is 4.90 Å². The molecule has 1 saturated heterocycles. The SMILES string of the molecule is CC[C@H](C)c1ccc([C@@H](NCC(=O)N2CCN(CC(=O)NC)CC2)C(C)C)cc1. The maximum absolute atomic E-state index is 12.7. The average molecular weight is 403 g/mol. The summed E-state index contributed by atoms with van der Waals surface area (Å²) < 4.78 is 0. The lowest BCUT2D eigenvalue weighted by atomic mass is 9.92. The van der Waals surface area contributed by atoms with E-state index < -0.39 is 0 Å². The van der Waals surface area contributed by atoms with E-state index in [-0.39, 0.29) is 17.9 Å². The normalized spacial score (nSPS) is 17.2. The van der Waals surface area contributed by atoms with Crippen LogP contribution in [0.4, 0.5) is 0 Å². The summed E-state index contributed by atoms with van der Waals surface area (Å²) in [5.41, 5.74) is 2.60. The Hall–Kier alpha value is -1.92. The highest BCUT2D eigenvalue weighted by atomic mass is 16.2. The van der Waals surface area contributed by atoms with Gasteiger partial charge in [-0.3, -0.25) is 14.5 Å². The lowest BCUT2D eigenvalue weighted by molar-refractivity contribution is -0.132. The Morgan fingerprint density at radius 2 is 1.59 bits per heavy atom. The highest BCUT2D eigenvalue weighted by Crippen LogP contribution is 2.25. The van der Waals surface area contributed by atoms with E-state index in [1.165, 1.54) is 11.1 Å². The molecule has 1 aromatic rings. The first-order valence-electron chi connectivity index (χ1n) is 10.9. The van der Waals surface area contributed by atoms with Gasteiger partial charge in [-0.1, -0.05) is 52.0 Å². The molecule has 0 aromatic heterocycles. The molecule has 2 rings (SSSR count). The van der Waals surface area contributed by atoms with Gasteiger partial charge in [-0.15, -0.1) is 0 Å². The summed E-state index contributed by atoms with van der Waals surface area (Å²) in [6, 6.07) is 8.98. The van der Waals surface area contributed by atoms with Crippen LogP contribution in [0.1, 0.15) is 57.2 Å². The van der Waals surface area contributed by atoms with Crippen molar-refractivity contribution in [3.05, 3.63) is 35.4 Å². The van der Waals surface area contributed by atoms with Crippen molar-refractivity contribution < 1.29 is 9.59 Å². The molecule has 162 valence electrons. The number of rotatable bonds is 9. The van der Waals surface area contributed by atoms with Gasteiger partial charge >= 0.3 is 0 Å². The number of hydrogen-bond acceptors (Lipinski definition) is 4. The van der Waals surface area contributed by atoms with Crippen LogP contribution in [-0.2, 0) is 9.59 Å². The lowest BCUT2D eigenvalue weighted by Crippen LogP contribution is -2.52. The molecule has 0 aliphatic carbocycles. The second-order valence-electron chi connectivity index (χ2n) is 8.41. The zero-order valence-corrected chi connectivity index (χ0v) is 18.7. The van der Waals surface area contributed by atoms with Gasteiger partial charge in [-0.25, -0.2) is 0 Å². The van der Waals surface area contributed by atoms with Crippen molar-refractivity contribution in [2.45, 2.75) is 46.1 Å². The molecule has 0 bridgehead atoms. The first-order valence-corrected chi connectivity index (χ1v) is 10.9.